The number of nitrogens with one attached hydrogen (secondary N) is 2. The highest BCUT2D eigenvalue weighted by molar-refractivity contribution is 7.99. The molecule has 10 heteroatoms. The largest absolute Gasteiger partial charge is 0.497 e. The van der Waals surface area contributed by atoms with Crippen LogP contribution in [0.2, 0.25) is 0 Å². The second kappa shape index (κ2) is 10.5. The van der Waals surface area contributed by atoms with Crippen LogP contribution in [0.15, 0.2) is 53.9 Å². The Hall–Kier alpha value is -3.53. The Morgan fingerprint density at radius 1 is 1.00 bits per heavy atom. The summed E-state index contributed by atoms with van der Waals surface area (Å²) in [4.78, 5) is 24.0. The number of hydrogen-bond donors (Lipinski definition) is 2. The van der Waals surface area contributed by atoms with E-state index in [4.69, 9.17) is 9.47 Å². The quantitative estimate of drug-likeness (QED) is 0.408. The predicted octanol–water partition coefficient (Wildman–Crippen LogP) is 2.21. The minimum absolute atomic E-state index is 0.0487. The van der Waals surface area contributed by atoms with Gasteiger partial charge in [0.1, 0.15) is 17.8 Å². The summed E-state index contributed by atoms with van der Waals surface area (Å²) in [6.45, 7) is 3.70. The number of aryl methyl sites for hydroxylation is 2. The molecule has 0 saturated heterocycles. The van der Waals surface area contributed by atoms with Gasteiger partial charge < -0.3 is 9.47 Å². The van der Waals surface area contributed by atoms with Crippen LogP contribution in [0.25, 0.3) is 5.69 Å². The van der Waals surface area contributed by atoms with Crippen molar-refractivity contribution < 1.29 is 19.1 Å². The third-order valence-electron chi connectivity index (χ3n) is 4.11. The summed E-state index contributed by atoms with van der Waals surface area (Å²) >= 11 is 1.20. The lowest BCUT2D eigenvalue weighted by Crippen LogP contribution is -2.44. The molecule has 0 spiro atoms. The number of ether oxygens (including phenoxy) is 2. The summed E-state index contributed by atoms with van der Waals surface area (Å²) in [7, 11) is 1.60. The summed E-state index contributed by atoms with van der Waals surface area (Å²) in [5.74, 6) is 0.551. The average molecular weight is 442 g/mol. The molecule has 162 valence electrons. The van der Waals surface area contributed by atoms with Crippen LogP contribution in [-0.2, 0) is 9.59 Å². The van der Waals surface area contributed by atoms with E-state index in [1.807, 2.05) is 56.3 Å². The molecule has 1 aromatic heterocycles. The molecule has 1 heterocycles. The highest BCUT2D eigenvalue weighted by Gasteiger charge is 2.11. The number of amides is 2. The SMILES string of the molecule is COc1ccc(-n2cnnc2SCC(=O)NNC(=O)COc2cc(C)cc(C)c2)cc1. The monoisotopic (exact) mass is 441 g/mol. The van der Waals surface area contributed by atoms with Gasteiger partial charge >= 0.3 is 0 Å². The number of thioether (sulfide) groups is 1. The highest BCUT2D eigenvalue weighted by Crippen LogP contribution is 2.21. The van der Waals surface area contributed by atoms with Gasteiger partial charge in [-0.1, -0.05) is 17.8 Å². The third-order valence-corrected chi connectivity index (χ3v) is 5.05. The van der Waals surface area contributed by atoms with Gasteiger partial charge in [0.15, 0.2) is 11.8 Å². The number of hydrogen-bond acceptors (Lipinski definition) is 7. The fourth-order valence-corrected chi connectivity index (χ4v) is 3.48. The van der Waals surface area contributed by atoms with Crippen LogP contribution in [0.3, 0.4) is 0 Å². The molecule has 0 radical (unpaired) electrons. The number of benzene rings is 2. The first kappa shape index (κ1) is 22.2. The van der Waals surface area contributed by atoms with Gasteiger partial charge in [-0.05, 0) is 61.4 Å². The molecule has 0 bridgehead atoms. The Morgan fingerprint density at radius 3 is 2.35 bits per heavy atom. The number of carbonyl (C=O) groups excluding carboxylic acids is 2. The van der Waals surface area contributed by atoms with E-state index in [9.17, 15) is 9.59 Å². The second-order valence-corrected chi connectivity index (χ2v) is 7.62. The van der Waals surface area contributed by atoms with Crippen molar-refractivity contribution in [3.63, 3.8) is 0 Å². The van der Waals surface area contributed by atoms with E-state index >= 15 is 0 Å². The minimum atomic E-state index is -0.459. The first-order valence-corrected chi connectivity index (χ1v) is 10.4. The molecule has 2 amide bonds. The van der Waals surface area contributed by atoms with Crippen molar-refractivity contribution in [3.8, 4) is 17.2 Å². The van der Waals surface area contributed by atoms with E-state index in [0.29, 0.717) is 10.9 Å². The normalized spacial score (nSPS) is 10.4. The molecular formula is C21H23N5O4S. The van der Waals surface area contributed by atoms with Crippen molar-refractivity contribution in [1.29, 1.82) is 0 Å². The maximum atomic E-state index is 12.1. The molecule has 0 aliphatic carbocycles. The van der Waals surface area contributed by atoms with Crippen LogP contribution in [0, 0.1) is 13.8 Å². The van der Waals surface area contributed by atoms with Gasteiger partial charge in [0.25, 0.3) is 5.91 Å². The van der Waals surface area contributed by atoms with Gasteiger partial charge in [0, 0.05) is 5.69 Å². The molecule has 2 aromatic carbocycles. The number of aromatic nitrogens is 3. The number of hydrazine groups is 1. The van der Waals surface area contributed by atoms with Crippen LogP contribution >= 0.6 is 11.8 Å². The summed E-state index contributed by atoms with van der Waals surface area (Å²) in [5.41, 5.74) is 7.63. The molecule has 3 aromatic rings. The van der Waals surface area contributed by atoms with Crippen molar-refractivity contribution in [3.05, 3.63) is 59.9 Å². The fourth-order valence-electron chi connectivity index (χ4n) is 2.75. The first-order chi connectivity index (χ1) is 14.9. The van der Waals surface area contributed by atoms with E-state index < -0.39 is 5.91 Å². The number of methoxy groups -OCH3 is 1. The molecule has 0 saturated carbocycles. The van der Waals surface area contributed by atoms with Gasteiger partial charge in [0.2, 0.25) is 5.91 Å². The summed E-state index contributed by atoms with van der Waals surface area (Å²) < 4.78 is 12.4. The maximum Gasteiger partial charge on any atom is 0.276 e. The fraction of sp³-hybridized carbons (Fsp3) is 0.238. The Labute approximate surface area is 184 Å². The third kappa shape index (κ3) is 6.48. The van der Waals surface area contributed by atoms with Crippen molar-refractivity contribution in [2.75, 3.05) is 19.5 Å². The second-order valence-electron chi connectivity index (χ2n) is 6.68. The van der Waals surface area contributed by atoms with Crippen LogP contribution in [0.1, 0.15) is 11.1 Å². The zero-order valence-corrected chi connectivity index (χ0v) is 18.2. The predicted molar refractivity (Wildman–Crippen MR) is 116 cm³/mol. The Morgan fingerprint density at radius 2 is 1.68 bits per heavy atom. The van der Waals surface area contributed by atoms with Crippen LogP contribution < -0.4 is 20.3 Å². The lowest BCUT2D eigenvalue weighted by atomic mass is 10.1. The van der Waals surface area contributed by atoms with Crippen molar-refractivity contribution >= 4 is 23.6 Å². The smallest absolute Gasteiger partial charge is 0.276 e. The van der Waals surface area contributed by atoms with Crippen LogP contribution in [0.4, 0.5) is 0 Å². The molecule has 2 N–H and O–H groups in total. The van der Waals surface area contributed by atoms with Crippen molar-refractivity contribution in [2.24, 2.45) is 0 Å². The molecule has 3 rings (SSSR count). The molecular weight excluding hydrogens is 418 g/mol. The summed E-state index contributed by atoms with van der Waals surface area (Å²) in [5, 5.41) is 8.48. The number of rotatable bonds is 8. The van der Waals surface area contributed by atoms with Gasteiger partial charge in [-0.3, -0.25) is 25.0 Å². The van der Waals surface area contributed by atoms with Crippen molar-refractivity contribution in [1.82, 2.24) is 25.6 Å². The van der Waals surface area contributed by atoms with Gasteiger partial charge in [0.05, 0.1) is 12.9 Å². The lowest BCUT2D eigenvalue weighted by Gasteiger charge is -2.10. The van der Waals surface area contributed by atoms with Gasteiger partial charge in [-0.25, -0.2) is 0 Å². The molecule has 31 heavy (non-hydrogen) atoms. The Balaban J connectivity index is 1.44. The number of nitrogens with zero attached hydrogens (tertiary/aromatic N) is 3. The molecule has 0 aliphatic rings. The van der Waals surface area contributed by atoms with Gasteiger partial charge in [-0.15, -0.1) is 10.2 Å². The molecule has 0 aliphatic heterocycles. The standard InChI is InChI=1S/C21H23N5O4S/c1-14-8-15(2)10-18(9-14)30-11-19(27)23-24-20(28)12-31-21-25-22-13-26(21)16-4-6-17(29-3)7-5-16/h4-10,13H,11-12H2,1-3H3,(H,23,27)(H,24,28). The van der Waals surface area contributed by atoms with Crippen molar-refractivity contribution in [2.45, 2.75) is 19.0 Å². The molecule has 0 fully saturated rings. The van der Waals surface area contributed by atoms with E-state index in [1.165, 1.54) is 11.8 Å². The molecule has 0 atom stereocenters. The lowest BCUT2D eigenvalue weighted by molar-refractivity contribution is -0.128. The van der Waals surface area contributed by atoms with Gasteiger partial charge in [-0.2, -0.15) is 0 Å². The average Bonchev–Trinajstić information content (AvgIpc) is 3.23. The topological polar surface area (TPSA) is 107 Å². The van der Waals surface area contributed by atoms with E-state index in [2.05, 4.69) is 21.0 Å². The van der Waals surface area contributed by atoms with E-state index in [0.717, 1.165) is 22.6 Å². The van der Waals surface area contributed by atoms with E-state index in [-0.39, 0.29) is 18.3 Å². The Bertz CT molecular complexity index is 1030. The maximum absolute atomic E-state index is 12.1. The van der Waals surface area contributed by atoms with Crippen LogP contribution in [0.5, 0.6) is 11.5 Å². The Kier molecular flexibility index (Phi) is 7.50. The highest BCUT2D eigenvalue weighted by atomic mass is 32.2. The summed E-state index contributed by atoms with van der Waals surface area (Å²) in [6, 6.07) is 13.1. The zero-order valence-electron chi connectivity index (χ0n) is 17.4. The minimum Gasteiger partial charge on any atom is -0.497 e. The summed E-state index contributed by atoms with van der Waals surface area (Å²) in [6.07, 6.45) is 1.56. The molecule has 0 unspecified atom stereocenters. The van der Waals surface area contributed by atoms with E-state index in [1.54, 1.807) is 18.0 Å². The van der Waals surface area contributed by atoms with Crippen LogP contribution in [-0.4, -0.2) is 46.0 Å². The number of carbonyl (C=O) groups is 2. The first-order valence-electron chi connectivity index (χ1n) is 9.40. The zero-order chi connectivity index (χ0) is 22.2. The molecule has 9 nitrogen and oxygen atoms in total.